The first-order valence-electron chi connectivity index (χ1n) is 9.91. The number of nitrogens with zero attached hydrogens (tertiary/aromatic N) is 5. The Morgan fingerprint density at radius 1 is 1.25 bits per heavy atom. The first kappa shape index (κ1) is 19.1. The molecule has 1 aliphatic rings. The van der Waals surface area contributed by atoms with Gasteiger partial charge in [-0.2, -0.15) is 5.10 Å². The van der Waals surface area contributed by atoms with Gasteiger partial charge in [0, 0.05) is 31.4 Å². The van der Waals surface area contributed by atoms with Crippen LogP contribution in [0.25, 0.3) is 0 Å². The second-order valence-electron chi connectivity index (χ2n) is 7.89. The van der Waals surface area contributed by atoms with Crippen molar-refractivity contribution in [3.63, 3.8) is 0 Å². The third kappa shape index (κ3) is 4.25. The molecule has 4 heterocycles. The van der Waals surface area contributed by atoms with E-state index in [2.05, 4.69) is 40.4 Å². The van der Waals surface area contributed by atoms with Gasteiger partial charge >= 0.3 is 0 Å². The van der Waals surface area contributed by atoms with E-state index in [-0.39, 0.29) is 0 Å². The van der Waals surface area contributed by atoms with E-state index in [4.69, 9.17) is 21.7 Å². The van der Waals surface area contributed by atoms with Crippen molar-refractivity contribution in [3.05, 3.63) is 64.8 Å². The highest BCUT2D eigenvalue weighted by Gasteiger charge is 2.24. The number of rotatable bonds is 7. The Kier molecular flexibility index (Phi) is 5.73. The van der Waals surface area contributed by atoms with Crippen molar-refractivity contribution in [2.45, 2.75) is 45.8 Å². The van der Waals surface area contributed by atoms with Crippen molar-refractivity contribution in [1.82, 2.24) is 24.2 Å². The second kappa shape index (κ2) is 8.41. The maximum atomic E-state index is 5.76. The normalized spacial score (nSPS) is 17.6. The molecule has 0 amide bonds. The second-order valence-corrected chi connectivity index (χ2v) is 8.26. The molecular weight excluding hydrogens is 370 g/mol. The Balaban J connectivity index is 1.45. The first-order valence-corrected chi connectivity index (χ1v) is 10.3. The predicted octanol–water partition coefficient (Wildman–Crippen LogP) is 4.10. The van der Waals surface area contributed by atoms with Crippen LogP contribution in [0, 0.1) is 10.7 Å². The van der Waals surface area contributed by atoms with E-state index in [1.54, 1.807) is 6.26 Å². The fourth-order valence-electron chi connectivity index (χ4n) is 3.93. The number of pyridine rings is 1. The van der Waals surface area contributed by atoms with Gasteiger partial charge in [-0.1, -0.05) is 13.8 Å². The lowest BCUT2D eigenvalue weighted by atomic mass is 10.00. The minimum Gasteiger partial charge on any atom is -0.467 e. The zero-order valence-corrected chi connectivity index (χ0v) is 17.3. The lowest BCUT2D eigenvalue weighted by molar-refractivity contribution is 0.243. The van der Waals surface area contributed by atoms with E-state index in [0.717, 1.165) is 42.5 Å². The molecule has 1 atom stereocenters. The van der Waals surface area contributed by atoms with Crippen LogP contribution >= 0.6 is 12.2 Å². The predicted molar refractivity (Wildman–Crippen MR) is 111 cm³/mol. The summed E-state index contributed by atoms with van der Waals surface area (Å²) in [6.45, 7) is 7.84. The summed E-state index contributed by atoms with van der Waals surface area (Å²) in [5.41, 5.74) is 1.36. The van der Waals surface area contributed by atoms with E-state index in [9.17, 15) is 0 Å². The molecule has 4 rings (SSSR count). The molecule has 0 spiro atoms. The Labute approximate surface area is 170 Å². The summed E-state index contributed by atoms with van der Waals surface area (Å²) in [7, 11) is 0. The number of hydrogen-bond donors (Lipinski definition) is 0. The van der Waals surface area contributed by atoms with Crippen LogP contribution in [-0.4, -0.2) is 37.3 Å². The van der Waals surface area contributed by atoms with Gasteiger partial charge in [0.1, 0.15) is 11.6 Å². The Morgan fingerprint density at radius 3 is 2.79 bits per heavy atom. The zero-order valence-electron chi connectivity index (χ0n) is 16.5. The summed E-state index contributed by atoms with van der Waals surface area (Å²) in [5.74, 6) is 2.88. The topological polar surface area (TPSA) is 52.0 Å². The zero-order chi connectivity index (χ0) is 19.5. The van der Waals surface area contributed by atoms with Crippen molar-refractivity contribution in [1.29, 1.82) is 0 Å². The van der Waals surface area contributed by atoms with Crippen molar-refractivity contribution in [2.24, 2.45) is 5.92 Å². The quantitative estimate of drug-likeness (QED) is 0.562. The molecule has 28 heavy (non-hydrogen) atoms. The van der Waals surface area contributed by atoms with E-state index in [0.29, 0.717) is 18.4 Å². The molecule has 0 aromatic carbocycles. The van der Waals surface area contributed by atoms with Crippen molar-refractivity contribution in [2.75, 3.05) is 13.1 Å². The highest BCUT2D eigenvalue weighted by Crippen LogP contribution is 2.22. The van der Waals surface area contributed by atoms with Crippen LogP contribution in [0.15, 0.2) is 47.3 Å². The molecule has 148 valence electrons. The van der Waals surface area contributed by atoms with E-state index in [1.165, 1.54) is 12.0 Å². The van der Waals surface area contributed by atoms with Crippen LogP contribution in [-0.2, 0) is 19.6 Å². The van der Waals surface area contributed by atoms with Gasteiger partial charge < -0.3 is 4.42 Å². The third-order valence-corrected chi connectivity index (χ3v) is 5.77. The van der Waals surface area contributed by atoms with E-state index >= 15 is 0 Å². The minimum atomic E-state index is 0.302. The van der Waals surface area contributed by atoms with Gasteiger partial charge in [-0.15, -0.1) is 0 Å². The van der Waals surface area contributed by atoms with Gasteiger partial charge in [0.2, 0.25) is 0 Å². The number of aromatic nitrogens is 4. The van der Waals surface area contributed by atoms with Crippen LogP contribution < -0.4 is 0 Å². The lowest BCUT2D eigenvalue weighted by Gasteiger charge is -2.16. The molecule has 1 unspecified atom stereocenters. The monoisotopic (exact) mass is 397 g/mol. The first-order chi connectivity index (χ1) is 13.6. The molecule has 0 radical (unpaired) electrons. The third-order valence-electron chi connectivity index (χ3n) is 5.34. The fourth-order valence-corrected chi connectivity index (χ4v) is 4.19. The molecule has 7 heteroatoms. The molecule has 1 aliphatic heterocycles. The highest BCUT2D eigenvalue weighted by atomic mass is 32.1. The SMILES string of the molecule is CC(C)c1nn(CN2CCC(Cc3ccncc3)C2)c(=S)n1Cc1ccco1. The molecular formula is C21H27N5OS. The van der Waals surface area contributed by atoms with Crippen LogP contribution in [0.2, 0.25) is 0 Å². The lowest BCUT2D eigenvalue weighted by Crippen LogP contribution is -2.25. The number of likely N-dealkylation sites (tertiary alicyclic amines) is 1. The molecule has 6 nitrogen and oxygen atoms in total. The summed E-state index contributed by atoms with van der Waals surface area (Å²) in [6, 6.07) is 8.12. The summed E-state index contributed by atoms with van der Waals surface area (Å²) < 4.78 is 10.4. The van der Waals surface area contributed by atoms with Gasteiger partial charge in [0.25, 0.3) is 0 Å². The average molecular weight is 398 g/mol. The Bertz CT molecular complexity index is 945. The molecule has 0 aliphatic carbocycles. The van der Waals surface area contributed by atoms with Crippen molar-refractivity contribution < 1.29 is 4.42 Å². The molecule has 0 N–H and O–H groups in total. The molecule has 1 saturated heterocycles. The van der Waals surface area contributed by atoms with E-state index < -0.39 is 0 Å². The Morgan fingerprint density at radius 2 is 2.07 bits per heavy atom. The molecule has 1 fully saturated rings. The van der Waals surface area contributed by atoms with Crippen molar-refractivity contribution in [3.8, 4) is 0 Å². The molecule has 3 aromatic heterocycles. The average Bonchev–Trinajstić information content (AvgIpc) is 3.41. The summed E-state index contributed by atoms with van der Waals surface area (Å²) >= 11 is 5.76. The van der Waals surface area contributed by atoms with Crippen LogP contribution in [0.3, 0.4) is 0 Å². The Hall–Kier alpha value is -2.25. The number of furan rings is 1. The fraction of sp³-hybridized carbons (Fsp3) is 0.476. The van der Waals surface area contributed by atoms with Gasteiger partial charge in [-0.25, -0.2) is 4.68 Å². The minimum absolute atomic E-state index is 0.302. The van der Waals surface area contributed by atoms with Crippen LogP contribution in [0.1, 0.15) is 43.3 Å². The van der Waals surface area contributed by atoms with Crippen LogP contribution in [0.5, 0.6) is 0 Å². The standard InChI is InChI=1S/C21H27N5OS/c1-16(2)20-23-26(21(28)25(20)14-19-4-3-11-27-19)15-24-10-7-18(13-24)12-17-5-8-22-9-6-17/h3-6,8-9,11,16,18H,7,10,12-15H2,1-2H3. The van der Waals surface area contributed by atoms with E-state index in [1.807, 2.05) is 29.2 Å². The van der Waals surface area contributed by atoms with Gasteiger partial charge in [0.15, 0.2) is 4.77 Å². The summed E-state index contributed by atoms with van der Waals surface area (Å²) in [5, 5.41) is 4.85. The maximum absolute atomic E-state index is 5.76. The summed E-state index contributed by atoms with van der Waals surface area (Å²) in [6.07, 6.45) is 7.76. The van der Waals surface area contributed by atoms with Crippen LogP contribution in [0.4, 0.5) is 0 Å². The maximum Gasteiger partial charge on any atom is 0.199 e. The molecule has 0 bridgehead atoms. The van der Waals surface area contributed by atoms with Gasteiger partial charge in [-0.3, -0.25) is 14.5 Å². The molecule has 3 aromatic rings. The van der Waals surface area contributed by atoms with Gasteiger partial charge in [-0.05, 0) is 60.8 Å². The largest absolute Gasteiger partial charge is 0.467 e. The highest BCUT2D eigenvalue weighted by molar-refractivity contribution is 7.71. The number of hydrogen-bond acceptors (Lipinski definition) is 5. The molecule has 0 saturated carbocycles. The summed E-state index contributed by atoms with van der Waals surface area (Å²) in [4.78, 5) is 6.56. The van der Waals surface area contributed by atoms with Gasteiger partial charge in [0.05, 0.1) is 19.5 Å². The van der Waals surface area contributed by atoms with Crippen molar-refractivity contribution >= 4 is 12.2 Å². The smallest absolute Gasteiger partial charge is 0.199 e.